The van der Waals surface area contributed by atoms with Crippen LogP contribution >= 0.6 is 23.2 Å². The van der Waals surface area contributed by atoms with Crippen LogP contribution in [-0.4, -0.2) is 45.8 Å². The Morgan fingerprint density at radius 3 is 2.33 bits per heavy atom. The van der Waals surface area contributed by atoms with E-state index in [1.165, 1.54) is 6.08 Å². The van der Waals surface area contributed by atoms with E-state index in [1.54, 1.807) is 41.6 Å². The van der Waals surface area contributed by atoms with Crippen molar-refractivity contribution in [2.75, 3.05) is 13.1 Å². The summed E-state index contributed by atoms with van der Waals surface area (Å²) in [7, 11) is 0. The molecule has 1 N–H and O–H groups in total. The Morgan fingerprint density at radius 2 is 1.67 bits per heavy atom. The minimum atomic E-state index is -0.184. The number of hydrogen-bond acceptors (Lipinski definition) is 4. The molecule has 2 aromatic carbocycles. The zero-order valence-electron chi connectivity index (χ0n) is 17.7. The maximum atomic E-state index is 12.8. The van der Waals surface area contributed by atoms with Crippen molar-refractivity contribution < 1.29 is 9.59 Å². The highest BCUT2D eigenvalue weighted by atomic mass is 35.5. The first-order valence-electron chi connectivity index (χ1n) is 10.6. The monoisotopic (exact) mass is 480 g/mol. The summed E-state index contributed by atoms with van der Waals surface area (Å²) in [6, 6.07) is 14.8. The van der Waals surface area contributed by atoms with Crippen molar-refractivity contribution in [2.45, 2.75) is 18.9 Å². The first-order chi connectivity index (χ1) is 16.0. The average molecular weight is 481 g/mol. The molecule has 1 fully saturated rings. The van der Waals surface area contributed by atoms with Gasteiger partial charge in [-0.3, -0.25) is 9.59 Å². The molecule has 0 radical (unpaired) electrons. The largest absolute Gasteiger partial charge is 0.350 e. The smallest absolute Gasteiger partial charge is 0.256 e. The number of aromatic nitrogens is 2. The zero-order valence-corrected chi connectivity index (χ0v) is 19.3. The number of benzene rings is 2. The molecule has 3 aromatic rings. The predicted octanol–water partition coefficient (Wildman–Crippen LogP) is 4.88. The highest BCUT2D eigenvalue weighted by Crippen LogP contribution is 2.23. The Balaban J connectivity index is 1.27. The number of rotatable bonds is 5. The lowest BCUT2D eigenvalue weighted by atomic mass is 10.0. The van der Waals surface area contributed by atoms with Crippen LogP contribution in [0.15, 0.2) is 67.0 Å². The van der Waals surface area contributed by atoms with E-state index < -0.39 is 0 Å². The number of likely N-dealkylation sites (tertiary alicyclic amines) is 1. The van der Waals surface area contributed by atoms with Crippen LogP contribution in [0.5, 0.6) is 0 Å². The molecular weight excluding hydrogens is 459 g/mol. The second kappa shape index (κ2) is 10.6. The molecular formula is C25H22Cl2N4O2. The Labute approximate surface area is 202 Å². The minimum absolute atomic E-state index is 0.0108. The molecule has 0 unspecified atom stereocenters. The number of halogens is 2. The van der Waals surface area contributed by atoms with E-state index in [0.29, 0.717) is 47.4 Å². The first-order valence-corrected chi connectivity index (χ1v) is 11.4. The lowest BCUT2D eigenvalue weighted by Gasteiger charge is -2.32. The van der Waals surface area contributed by atoms with E-state index in [9.17, 15) is 9.59 Å². The van der Waals surface area contributed by atoms with Gasteiger partial charge in [-0.1, -0.05) is 59.6 Å². The minimum Gasteiger partial charge on any atom is -0.350 e. The number of carbonyl (C=O) groups is 2. The third-order valence-corrected chi connectivity index (χ3v) is 6.17. The van der Waals surface area contributed by atoms with Crippen molar-refractivity contribution in [1.29, 1.82) is 0 Å². The van der Waals surface area contributed by atoms with E-state index in [2.05, 4.69) is 15.3 Å². The topological polar surface area (TPSA) is 75.2 Å². The number of nitrogens with zero attached hydrogens (tertiary/aromatic N) is 3. The Bertz CT molecular complexity index is 1160. The molecule has 1 aliphatic heterocycles. The maximum Gasteiger partial charge on any atom is 0.256 e. The van der Waals surface area contributed by atoms with Gasteiger partial charge in [0, 0.05) is 43.2 Å². The lowest BCUT2D eigenvalue weighted by Crippen LogP contribution is -2.46. The summed E-state index contributed by atoms with van der Waals surface area (Å²) in [5.74, 6) is 0.303. The van der Waals surface area contributed by atoms with Crippen molar-refractivity contribution in [2.24, 2.45) is 0 Å². The zero-order chi connectivity index (χ0) is 23.2. The molecule has 1 aromatic heterocycles. The highest BCUT2D eigenvalue weighted by molar-refractivity contribution is 6.42. The molecule has 2 heterocycles. The normalized spacial score (nSPS) is 14.4. The molecule has 8 heteroatoms. The van der Waals surface area contributed by atoms with E-state index in [1.807, 2.05) is 30.3 Å². The number of piperidine rings is 1. The summed E-state index contributed by atoms with van der Waals surface area (Å²) < 4.78 is 0. The van der Waals surface area contributed by atoms with Gasteiger partial charge in [-0.05, 0) is 36.6 Å². The van der Waals surface area contributed by atoms with Crippen LogP contribution < -0.4 is 5.32 Å². The second-order valence-corrected chi connectivity index (χ2v) is 8.56. The molecule has 168 valence electrons. The molecule has 0 atom stereocenters. The molecule has 1 saturated heterocycles. The van der Waals surface area contributed by atoms with Gasteiger partial charge in [-0.25, -0.2) is 9.97 Å². The van der Waals surface area contributed by atoms with Crippen molar-refractivity contribution in [3.8, 4) is 11.4 Å². The average Bonchev–Trinajstić information content (AvgIpc) is 2.85. The summed E-state index contributed by atoms with van der Waals surface area (Å²) in [5.41, 5.74) is 2.16. The van der Waals surface area contributed by atoms with Crippen LogP contribution in [0.3, 0.4) is 0 Å². The van der Waals surface area contributed by atoms with Gasteiger partial charge in [0.2, 0.25) is 5.91 Å². The van der Waals surface area contributed by atoms with Crippen LogP contribution in [0.2, 0.25) is 10.0 Å². The molecule has 0 aliphatic carbocycles. The summed E-state index contributed by atoms with van der Waals surface area (Å²) in [4.78, 5) is 35.5. The molecule has 0 saturated carbocycles. The maximum absolute atomic E-state index is 12.8. The fraction of sp³-hybridized carbons (Fsp3) is 0.200. The number of hydrogen-bond donors (Lipinski definition) is 1. The molecule has 2 amide bonds. The molecule has 0 bridgehead atoms. The van der Waals surface area contributed by atoms with Gasteiger partial charge in [0.05, 0.1) is 15.6 Å². The predicted molar refractivity (Wildman–Crippen MR) is 130 cm³/mol. The van der Waals surface area contributed by atoms with Gasteiger partial charge >= 0.3 is 0 Å². The van der Waals surface area contributed by atoms with Crippen LogP contribution in [0.25, 0.3) is 17.5 Å². The first kappa shape index (κ1) is 23.0. The standard InChI is InChI=1S/C25H22Cl2N4O2/c26-21-8-6-17(14-22(21)27)7-9-23(32)30-20-10-12-31(13-11-20)25(33)19-15-28-24(29-16-19)18-4-2-1-3-5-18/h1-9,14-16,20H,10-13H2,(H,30,32)/b9-7+. The van der Waals surface area contributed by atoms with E-state index >= 15 is 0 Å². The van der Waals surface area contributed by atoms with Crippen molar-refractivity contribution in [3.63, 3.8) is 0 Å². The van der Waals surface area contributed by atoms with Gasteiger partial charge in [-0.15, -0.1) is 0 Å². The third-order valence-electron chi connectivity index (χ3n) is 5.43. The highest BCUT2D eigenvalue weighted by Gasteiger charge is 2.24. The summed E-state index contributed by atoms with van der Waals surface area (Å²) in [6.07, 6.45) is 7.67. The van der Waals surface area contributed by atoms with Crippen LogP contribution in [0.1, 0.15) is 28.8 Å². The lowest BCUT2D eigenvalue weighted by molar-refractivity contribution is -0.117. The number of carbonyl (C=O) groups excluding carboxylic acids is 2. The van der Waals surface area contributed by atoms with Gasteiger partial charge in [0.15, 0.2) is 5.82 Å². The number of nitrogens with one attached hydrogen (secondary N) is 1. The molecule has 1 aliphatic rings. The van der Waals surface area contributed by atoms with E-state index in [-0.39, 0.29) is 17.9 Å². The van der Waals surface area contributed by atoms with Crippen LogP contribution in [-0.2, 0) is 4.79 Å². The van der Waals surface area contributed by atoms with Crippen molar-refractivity contribution in [1.82, 2.24) is 20.2 Å². The summed E-state index contributed by atoms with van der Waals surface area (Å²) >= 11 is 11.9. The van der Waals surface area contributed by atoms with Gasteiger partial charge in [0.1, 0.15) is 0 Å². The number of amides is 2. The van der Waals surface area contributed by atoms with Gasteiger partial charge in [0.25, 0.3) is 5.91 Å². The summed E-state index contributed by atoms with van der Waals surface area (Å²) in [6.45, 7) is 1.11. The fourth-order valence-corrected chi connectivity index (χ4v) is 3.93. The molecule has 33 heavy (non-hydrogen) atoms. The van der Waals surface area contributed by atoms with Crippen molar-refractivity contribution in [3.05, 3.63) is 88.2 Å². The Morgan fingerprint density at radius 1 is 0.970 bits per heavy atom. The molecule has 0 spiro atoms. The van der Waals surface area contributed by atoms with E-state index in [4.69, 9.17) is 23.2 Å². The quantitative estimate of drug-likeness (QED) is 0.527. The molecule has 4 rings (SSSR count). The van der Waals surface area contributed by atoms with Crippen LogP contribution in [0, 0.1) is 0 Å². The van der Waals surface area contributed by atoms with Crippen LogP contribution in [0.4, 0.5) is 0 Å². The van der Waals surface area contributed by atoms with Crippen molar-refractivity contribution >= 4 is 41.1 Å². The third kappa shape index (κ3) is 5.97. The Hall–Kier alpha value is -3.22. The fourth-order valence-electron chi connectivity index (χ4n) is 3.62. The molecule has 6 nitrogen and oxygen atoms in total. The second-order valence-electron chi connectivity index (χ2n) is 7.74. The van der Waals surface area contributed by atoms with Gasteiger partial charge in [-0.2, -0.15) is 0 Å². The summed E-state index contributed by atoms with van der Waals surface area (Å²) in [5, 5.41) is 3.90. The Kier molecular flexibility index (Phi) is 7.37. The van der Waals surface area contributed by atoms with E-state index in [0.717, 1.165) is 11.1 Å². The SMILES string of the molecule is O=C(/C=C/c1ccc(Cl)c(Cl)c1)NC1CCN(C(=O)c2cnc(-c3ccccc3)nc2)CC1. The van der Waals surface area contributed by atoms with Gasteiger partial charge < -0.3 is 10.2 Å².